The smallest absolute Gasteiger partial charge is 0.275 e. The number of morpholine rings is 1. The highest BCUT2D eigenvalue weighted by atomic mass is 16.5. The zero-order chi connectivity index (χ0) is 22.2. The molecule has 2 fully saturated rings. The van der Waals surface area contributed by atoms with Crippen molar-refractivity contribution in [3.05, 3.63) is 71.8 Å². The molecule has 2 aliphatic rings. The molecule has 3 N–H and O–H groups in total. The van der Waals surface area contributed by atoms with Crippen LogP contribution in [-0.2, 0) is 16.0 Å². The van der Waals surface area contributed by atoms with E-state index in [0.717, 1.165) is 45.3 Å². The maximum Gasteiger partial charge on any atom is 0.275 e. The van der Waals surface area contributed by atoms with Crippen molar-refractivity contribution in [3.8, 4) is 0 Å². The van der Waals surface area contributed by atoms with Crippen molar-refractivity contribution in [1.29, 1.82) is 0 Å². The Morgan fingerprint density at radius 3 is 2.25 bits per heavy atom. The van der Waals surface area contributed by atoms with E-state index >= 15 is 0 Å². The zero-order valence-electron chi connectivity index (χ0n) is 19.4. The maximum atomic E-state index is 12.9. The second kappa shape index (κ2) is 11.6. The fraction of sp³-hybridized carbons (Fsp3) is 0.519. The molecule has 0 bridgehead atoms. The Labute approximate surface area is 192 Å². The highest BCUT2D eigenvalue weighted by Gasteiger charge is 2.33. The van der Waals surface area contributed by atoms with Gasteiger partial charge in [-0.2, -0.15) is 0 Å². The molecule has 172 valence electrons. The Hall–Kier alpha value is -2.21. The van der Waals surface area contributed by atoms with Crippen molar-refractivity contribution in [2.75, 3.05) is 45.9 Å². The van der Waals surface area contributed by atoms with E-state index in [1.165, 1.54) is 40.2 Å². The van der Waals surface area contributed by atoms with Gasteiger partial charge >= 0.3 is 0 Å². The van der Waals surface area contributed by atoms with Gasteiger partial charge < -0.3 is 19.9 Å². The van der Waals surface area contributed by atoms with Crippen LogP contribution in [-0.4, -0.2) is 57.9 Å². The van der Waals surface area contributed by atoms with Crippen molar-refractivity contribution < 1.29 is 19.3 Å². The lowest BCUT2D eigenvalue weighted by molar-refractivity contribution is -0.940. The van der Waals surface area contributed by atoms with Gasteiger partial charge in [0.25, 0.3) is 5.91 Å². The van der Waals surface area contributed by atoms with E-state index in [-0.39, 0.29) is 18.0 Å². The molecular weight excluding hydrogens is 398 g/mol. The van der Waals surface area contributed by atoms with Crippen LogP contribution in [0.3, 0.4) is 0 Å². The lowest BCUT2D eigenvalue weighted by Gasteiger charge is -2.35. The standard InChI is InChI=1S/C27H37N3O2/c1-22(27(25-10-6-3-7-11-25)30-16-18-32-19-17-30)28-26(31)21-29-14-12-24(13-15-29)20-23-8-4-2-5-9-23/h2-11,22,24,27H,12-21H2,1H3,(H,28,31)/p+2/t22-,27+/m0/s1. The molecule has 32 heavy (non-hydrogen) atoms. The van der Waals surface area contributed by atoms with Gasteiger partial charge in [-0.15, -0.1) is 0 Å². The van der Waals surface area contributed by atoms with Crippen LogP contribution in [0.15, 0.2) is 60.7 Å². The van der Waals surface area contributed by atoms with E-state index < -0.39 is 0 Å². The summed E-state index contributed by atoms with van der Waals surface area (Å²) < 4.78 is 5.58. The van der Waals surface area contributed by atoms with Gasteiger partial charge in [-0.05, 0) is 37.7 Å². The number of ether oxygens (including phenoxy) is 1. The minimum atomic E-state index is 0.0908. The van der Waals surface area contributed by atoms with E-state index in [1.807, 2.05) is 0 Å². The number of quaternary nitrogens is 2. The van der Waals surface area contributed by atoms with E-state index in [2.05, 4.69) is 72.9 Å². The predicted octanol–water partition coefficient (Wildman–Crippen LogP) is 0.685. The lowest BCUT2D eigenvalue weighted by atomic mass is 9.90. The number of benzene rings is 2. The largest absolute Gasteiger partial charge is 0.370 e. The van der Waals surface area contributed by atoms with Crippen molar-refractivity contribution in [1.82, 2.24) is 5.32 Å². The number of amides is 1. The second-order valence-corrected chi connectivity index (χ2v) is 9.58. The first-order chi connectivity index (χ1) is 15.7. The van der Waals surface area contributed by atoms with E-state index in [9.17, 15) is 4.79 Å². The summed E-state index contributed by atoms with van der Waals surface area (Å²) in [5, 5.41) is 3.35. The molecule has 0 radical (unpaired) electrons. The minimum absolute atomic E-state index is 0.0908. The third-order valence-corrected chi connectivity index (χ3v) is 7.21. The second-order valence-electron chi connectivity index (χ2n) is 9.58. The fourth-order valence-corrected chi connectivity index (χ4v) is 5.51. The number of carbonyl (C=O) groups is 1. The highest BCUT2D eigenvalue weighted by Crippen LogP contribution is 2.17. The molecule has 2 heterocycles. The van der Waals surface area contributed by atoms with Crippen molar-refractivity contribution >= 4 is 5.91 Å². The molecule has 0 spiro atoms. The molecule has 4 rings (SSSR count). The molecular formula is C27H39N3O2+2. The van der Waals surface area contributed by atoms with Crippen molar-refractivity contribution in [2.45, 2.75) is 38.3 Å². The Bertz CT molecular complexity index is 815. The number of rotatable bonds is 8. The molecule has 2 aromatic carbocycles. The Morgan fingerprint density at radius 1 is 0.969 bits per heavy atom. The summed E-state index contributed by atoms with van der Waals surface area (Å²) in [7, 11) is 0. The van der Waals surface area contributed by atoms with Gasteiger partial charge in [0, 0.05) is 5.56 Å². The zero-order valence-corrected chi connectivity index (χ0v) is 19.4. The van der Waals surface area contributed by atoms with Crippen LogP contribution in [0.1, 0.15) is 36.9 Å². The van der Waals surface area contributed by atoms with Crippen molar-refractivity contribution in [3.63, 3.8) is 0 Å². The minimum Gasteiger partial charge on any atom is -0.370 e. The number of hydrogen-bond donors (Lipinski definition) is 3. The fourth-order valence-electron chi connectivity index (χ4n) is 5.51. The number of piperidine rings is 1. The summed E-state index contributed by atoms with van der Waals surface area (Å²) in [6, 6.07) is 21.8. The van der Waals surface area contributed by atoms with Gasteiger partial charge in [-0.1, -0.05) is 60.7 Å². The van der Waals surface area contributed by atoms with Crippen LogP contribution in [0.25, 0.3) is 0 Å². The molecule has 0 saturated carbocycles. The summed E-state index contributed by atoms with van der Waals surface area (Å²) in [6.07, 6.45) is 3.58. The summed E-state index contributed by atoms with van der Waals surface area (Å²) in [5.41, 5.74) is 2.73. The summed E-state index contributed by atoms with van der Waals surface area (Å²) >= 11 is 0. The molecule has 0 unspecified atom stereocenters. The quantitative estimate of drug-likeness (QED) is 0.569. The number of carbonyl (C=O) groups excluding carboxylic acids is 1. The van der Waals surface area contributed by atoms with E-state index in [1.54, 1.807) is 0 Å². The number of likely N-dealkylation sites (tertiary alicyclic amines) is 1. The SMILES string of the molecule is C[C@H](NC(=O)C[NH+]1CCC(Cc2ccccc2)CC1)[C@H](c1ccccc1)[NH+]1CCOCC1. The van der Waals surface area contributed by atoms with Gasteiger partial charge in [-0.25, -0.2) is 0 Å². The monoisotopic (exact) mass is 437 g/mol. The first-order valence-electron chi connectivity index (χ1n) is 12.3. The summed E-state index contributed by atoms with van der Waals surface area (Å²) in [6.45, 7) is 8.50. The first-order valence-corrected chi connectivity index (χ1v) is 12.3. The Morgan fingerprint density at radius 2 is 1.59 bits per heavy atom. The molecule has 2 saturated heterocycles. The molecule has 1 amide bonds. The third kappa shape index (κ3) is 6.41. The van der Waals surface area contributed by atoms with Gasteiger partial charge in [0.15, 0.2) is 6.54 Å². The Kier molecular flexibility index (Phi) is 8.32. The van der Waals surface area contributed by atoms with Gasteiger partial charge in [0.1, 0.15) is 19.1 Å². The van der Waals surface area contributed by atoms with Gasteiger partial charge in [0.05, 0.1) is 32.3 Å². The first kappa shape index (κ1) is 23.0. The molecule has 2 aliphatic heterocycles. The normalized spacial score (nSPS) is 23.9. The van der Waals surface area contributed by atoms with Crippen LogP contribution in [0.4, 0.5) is 0 Å². The molecule has 0 aromatic heterocycles. The van der Waals surface area contributed by atoms with Crippen LogP contribution in [0.2, 0.25) is 0 Å². The molecule has 2 atom stereocenters. The third-order valence-electron chi connectivity index (χ3n) is 7.21. The van der Waals surface area contributed by atoms with E-state index in [4.69, 9.17) is 4.74 Å². The van der Waals surface area contributed by atoms with Crippen molar-refractivity contribution in [2.24, 2.45) is 5.92 Å². The topological polar surface area (TPSA) is 47.2 Å². The highest BCUT2D eigenvalue weighted by molar-refractivity contribution is 5.77. The van der Waals surface area contributed by atoms with Crippen LogP contribution in [0.5, 0.6) is 0 Å². The van der Waals surface area contributed by atoms with Gasteiger partial charge in [-0.3, -0.25) is 4.79 Å². The molecule has 2 aromatic rings. The summed E-state index contributed by atoms with van der Waals surface area (Å²) in [5.74, 6) is 0.929. The van der Waals surface area contributed by atoms with Crippen LogP contribution >= 0.6 is 0 Å². The lowest BCUT2D eigenvalue weighted by Crippen LogP contribution is -3.16. The van der Waals surface area contributed by atoms with E-state index in [0.29, 0.717) is 6.54 Å². The maximum absolute atomic E-state index is 12.9. The summed E-state index contributed by atoms with van der Waals surface area (Å²) in [4.78, 5) is 15.9. The average Bonchev–Trinajstić information content (AvgIpc) is 2.82. The number of nitrogens with one attached hydrogen (secondary N) is 3. The molecule has 0 aliphatic carbocycles. The van der Waals surface area contributed by atoms with Gasteiger partial charge in [0.2, 0.25) is 0 Å². The molecule has 5 heteroatoms. The van der Waals surface area contributed by atoms with Crippen LogP contribution in [0, 0.1) is 5.92 Å². The van der Waals surface area contributed by atoms with Crippen LogP contribution < -0.4 is 15.1 Å². The number of hydrogen-bond acceptors (Lipinski definition) is 2. The molecule has 5 nitrogen and oxygen atoms in total. The predicted molar refractivity (Wildman–Crippen MR) is 127 cm³/mol. The Balaban J connectivity index is 1.28. The average molecular weight is 438 g/mol.